The van der Waals surface area contributed by atoms with Crippen LogP contribution in [0.15, 0.2) is 115 Å². The standard InChI is InChI=1S/C46H45N5O/c1-45(2,3)29-19-20-47-44(23-29)51-39-16-12-10-13-34(39)36-18-17-32(25-41(36)51)52-33-22-30(46(4,5)6)21-31(24-33)50-28-48(7)42-26-37-35-14-9-11-15-38(35)49(8)40(37)27-43(42)50/h9-27H,28H2,1-8H3. The zero-order valence-electron chi connectivity index (χ0n) is 31.3. The molecule has 6 nitrogen and oxygen atoms in total. The van der Waals surface area contributed by atoms with Crippen molar-refractivity contribution >= 4 is 60.7 Å². The maximum Gasteiger partial charge on any atom is 0.137 e. The first-order chi connectivity index (χ1) is 24.8. The first-order valence-corrected chi connectivity index (χ1v) is 18.2. The number of aromatic nitrogens is 3. The lowest BCUT2D eigenvalue weighted by atomic mass is 9.86. The molecule has 0 spiro atoms. The second-order valence-electron chi connectivity index (χ2n) is 16.5. The lowest BCUT2D eigenvalue weighted by molar-refractivity contribution is 0.479. The Kier molecular flexibility index (Phi) is 7.04. The first-order valence-electron chi connectivity index (χ1n) is 18.2. The van der Waals surface area contributed by atoms with Crippen LogP contribution in [-0.4, -0.2) is 27.8 Å². The summed E-state index contributed by atoms with van der Waals surface area (Å²) in [5.74, 6) is 2.51. The number of para-hydroxylation sites is 2. The average Bonchev–Trinajstić information content (AvgIpc) is 3.73. The zero-order chi connectivity index (χ0) is 36.1. The molecule has 0 bridgehead atoms. The highest BCUT2D eigenvalue weighted by Crippen LogP contribution is 2.46. The molecule has 3 aromatic heterocycles. The highest BCUT2D eigenvalue weighted by Gasteiger charge is 2.28. The highest BCUT2D eigenvalue weighted by molar-refractivity contribution is 6.12. The van der Waals surface area contributed by atoms with Crippen LogP contribution in [0.25, 0.3) is 49.4 Å². The predicted molar refractivity (Wildman–Crippen MR) is 218 cm³/mol. The number of hydrogen-bond acceptors (Lipinski definition) is 4. The molecular weight excluding hydrogens is 639 g/mol. The van der Waals surface area contributed by atoms with Gasteiger partial charge >= 0.3 is 0 Å². The van der Waals surface area contributed by atoms with Gasteiger partial charge in [-0.2, -0.15) is 0 Å². The summed E-state index contributed by atoms with van der Waals surface area (Å²) in [7, 11) is 4.35. The molecule has 0 aliphatic carbocycles. The molecule has 5 aromatic carbocycles. The van der Waals surface area contributed by atoms with Crippen LogP contribution in [0.2, 0.25) is 0 Å². The van der Waals surface area contributed by atoms with Gasteiger partial charge in [0, 0.05) is 65.2 Å². The molecule has 8 aromatic rings. The maximum atomic E-state index is 6.85. The first kappa shape index (κ1) is 32.2. The Hall–Kier alpha value is -5.75. The average molecular weight is 684 g/mol. The Labute approximate surface area is 305 Å². The van der Waals surface area contributed by atoms with Gasteiger partial charge in [-0.1, -0.05) is 77.9 Å². The number of benzene rings is 5. The quantitative estimate of drug-likeness (QED) is 0.185. The van der Waals surface area contributed by atoms with Crippen LogP contribution in [0.3, 0.4) is 0 Å². The van der Waals surface area contributed by atoms with Crippen molar-refractivity contribution in [2.24, 2.45) is 7.05 Å². The van der Waals surface area contributed by atoms with Gasteiger partial charge in [-0.15, -0.1) is 0 Å². The van der Waals surface area contributed by atoms with Crippen molar-refractivity contribution < 1.29 is 4.74 Å². The normalized spacial score (nSPS) is 13.6. The highest BCUT2D eigenvalue weighted by atomic mass is 16.5. The molecule has 0 amide bonds. The summed E-state index contributed by atoms with van der Waals surface area (Å²) in [6.45, 7) is 14.3. The number of ether oxygens (including phenoxy) is 1. The summed E-state index contributed by atoms with van der Waals surface area (Å²) in [5.41, 5.74) is 10.6. The van der Waals surface area contributed by atoms with Crippen molar-refractivity contribution in [3.63, 3.8) is 0 Å². The van der Waals surface area contributed by atoms with Gasteiger partial charge < -0.3 is 19.1 Å². The molecule has 0 radical (unpaired) electrons. The van der Waals surface area contributed by atoms with Crippen LogP contribution in [0.5, 0.6) is 11.5 Å². The van der Waals surface area contributed by atoms with E-state index < -0.39 is 0 Å². The fourth-order valence-corrected chi connectivity index (χ4v) is 7.92. The van der Waals surface area contributed by atoms with Crippen LogP contribution >= 0.6 is 0 Å². The number of rotatable bonds is 4. The molecule has 0 fully saturated rings. The van der Waals surface area contributed by atoms with E-state index in [1.54, 1.807) is 0 Å². The van der Waals surface area contributed by atoms with E-state index in [0.29, 0.717) is 0 Å². The van der Waals surface area contributed by atoms with E-state index in [9.17, 15) is 0 Å². The largest absolute Gasteiger partial charge is 0.457 e. The van der Waals surface area contributed by atoms with E-state index in [-0.39, 0.29) is 10.8 Å². The summed E-state index contributed by atoms with van der Waals surface area (Å²) in [6.07, 6.45) is 1.93. The molecule has 260 valence electrons. The zero-order valence-corrected chi connectivity index (χ0v) is 31.3. The summed E-state index contributed by atoms with van der Waals surface area (Å²) in [4.78, 5) is 9.64. The molecule has 0 saturated carbocycles. The Morgan fingerprint density at radius 2 is 1.25 bits per heavy atom. The second kappa shape index (κ2) is 11.4. The van der Waals surface area contributed by atoms with E-state index in [1.807, 2.05) is 6.20 Å². The van der Waals surface area contributed by atoms with Gasteiger partial charge in [0.15, 0.2) is 0 Å². The molecule has 6 heteroatoms. The van der Waals surface area contributed by atoms with Crippen molar-refractivity contribution in [2.75, 3.05) is 23.5 Å². The lowest BCUT2D eigenvalue weighted by Gasteiger charge is -2.25. The maximum absolute atomic E-state index is 6.85. The Morgan fingerprint density at radius 3 is 2.00 bits per heavy atom. The third kappa shape index (κ3) is 5.11. The van der Waals surface area contributed by atoms with Crippen LogP contribution in [0, 0.1) is 0 Å². The van der Waals surface area contributed by atoms with Crippen LogP contribution in [-0.2, 0) is 17.9 Å². The van der Waals surface area contributed by atoms with E-state index >= 15 is 0 Å². The van der Waals surface area contributed by atoms with Gasteiger partial charge in [0.25, 0.3) is 0 Å². The Bertz CT molecular complexity index is 2700. The molecule has 0 N–H and O–H groups in total. The topological polar surface area (TPSA) is 38.5 Å². The number of nitrogens with zero attached hydrogens (tertiary/aromatic N) is 5. The van der Waals surface area contributed by atoms with Crippen LogP contribution in [0.4, 0.5) is 17.1 Å². The van der Waals surface area contributed by atoms with Crippen molar-refractivity contribution in [3.05, 3.63) is 127 Å². The third-order valence-corrected chi connectivity index (χ3v) is 10.9. The third-order valence-electron chi connectivity index (χ3n) is 10.9. The Balaban J connectivity index is 1.16. The number of fused-ring (bicyclic) bond motifs is 7. The van der Waals surface area contributed by atoms with E-state index in [0.717, 1.165) is 40.7 Å². The summed E-state index contributed by atoms with van der Waals surface area (Å²) in [6, 6.07) is 39.5. The summed E-state index contributed by atoms with van der Waals surface area (Å²) < 4.78 is 11.4. The molecule has 4 heterocycles. The monoisotopic (exact) mass is 683 g/mol. The van der Waals surface area contributed by atoms with Gasteiger partial charge in [-0.3, -0.25) is 4.57 Å². The van der Waals surface area contributed by atoms with Gasteiger partial charge in [-0.05, 0) is 82.6 Å². The second-order valence-corrected chi connectivity index (χ2v) is 16.5. The van der Waals surface area contributed by atoms with Gasteiger partial charge in [-0.25, -0.2) is 4.98 Å². The fourth-order valence-electron chi connectivity index (χ4n) is 7.92. The van der Waals surface area contributed by atoms with Crippen molar-refractivity contribution in [3.8, 4) is 17.3 Å². The van der Waals surface area contributed by atoms with Crippen LogP contribution in [0.1, 0.15) is 52.7 Å². The molecule has 0 atom stereocenters. The molecule has 0 saturated heterocycles. The lowest BCUT2D eigenvalue weighted by Crippen LogP contribution is -2.24. The van der Waals surface area contributed by atoms with Crippen molar-refractivity contribution in [2.45, 2.75) is 52.4 Å². The van der Waals surface area contributed by atoms with E-state index in [4.69, 9.17) is 9.72 Å². The molecule has 9 rings (SSSR count). The minimum Gasteiger partial charge on any atom is -0.457 e. The summed E-state index contributed by atoms with van der Waals surface area (Å²) >= 11 is 0. The summed E-state index contributed by atoms with van der Waals surface area (Å²) in [5, 5.41) is 4.94. The molecule has 1 aliphatic heterocycles. The molecular formula is C46H45N5O. The fraction of sp³-hybridized carbons (Fsp3) is 0.239. The molecule has 52 heavy (non-hydrogen) atoms. The van der Waals surface area contributed by atoms with Gasteiger partial charge in [0.2, 0.25) is 0 Å². The van der Waals surface area contributed by atoms with Crippen LogP contribution < -0.4 is 14.5 Å². The Morgan fingerprint density at radius 1 is 0.558 bits per heavy atom. The SMILES string of the molecule is CN1CN(c2cc(Oc3ccc4c5ccccc5n(-c5cc(C(C)(C)C)ccn5)c4c3)cc(C(C)(C)C)c2)c2cc3c(cc21)c1ccccc1n3C. The smallest absolute Gasteiger partial charge is 0.137 e. The number of anilines is 3. The van der Waals surface area contributed by atoms with E-state index in [2.05, 4.69) is 184 Å². The van der Waals surface area contributed by atoms with Gasteiger partial charge in [0.1, 0.15) is 17.3 Å². The minimum atomic E-state index is -0.0809. The minimum absolute atomic E-state index is 0.00608. The number of aryl methyl sites for hydroxylation is 1. The number of pyridine rings is 1. The van der Waals surface area contributed by atoms with Crippen molar-refractivity contribution in [1.82, 2.24) is 14.1 Å². The van der Waals surface area contributed by atoms with E-state index in [1.165, 1.54) is 55.1 Å². The molecule has 0 unspecified atom stereocenters. The van der Waals surface area contributed by atoms with Crippen molar-refractivity contribution in [1.29, 1.82) is 0 Å². The van der Waals surface area contributed by atoms with Gasteiger partial charge in [0.05, 0.1) is 34.6 Å². The number of hydrogen-bond donors (Lipinski definition) is 0. The molecule has 1 aliphatic rings. The predicted octanol–water partition coefficient (Wildman–Crippen LogP) is 11.8.